The van der Waals surface area contributed by atoms with E-state index in [0.29, 0.717) is 11.3 Å². The maximum absolute atomic E-state index is 12.8. The van der Waals surface area contributed by atoms with Crippen molar-refractivity contribution >= 4 is 16.7 Å². The van der Waals surface area contributed by atoms with Gasteiger partial charge in [0.2, 0.25) is 0 Å². The lowest BCUT2D eigenvalue weighted by Crippen LogP contribution is -2.31. The third kappa shape index (κ3) is 2.71. The Kier molecular flexibility index (Phi) is 3.92. The third-order valence-electron chi connectivity index (χ3n) is 5.99. The second kappa shape index (κ2) is 6.44. The fraction of sp³-hybridized carbons (Fsp3) is 0.429. The van der Waals surface area contributed by atoms with Crippen LogP contribution in [-0.4, -0.2) is 26.1 Å². The number of fused-ring (bicyclic) bond motifs is 1. The predicted molar refractivity (Wildman–Crippen MR) is 105 cm³/mol. The highest BCUT2D eigenvalue weighted by Crippen LogP contribution is 2.37. The van der Waals surface area contributed by atoms with Crippen LogP contribution in [-0.2, 0) is 7.05 Å². The minimum Gasteiger partial charge on any atom is -0.346 e. The van der Waals surface area contributed by atoms with Gasteiger partial charge in [-0.05, 0) is 43.9 Å². The molecule has 1 aromatic carbocycles. The molecule has 3 aromatic rings. The summed E-state index contributed by atoms with van der Waals surface area (Å²) >= 11 is 0. The van der Waals surface area contributed by atoms with Gasteiger partial charge in [0.05, 0.1) is 16.9 Å². The minimum atomic E-state index is 0.0142. The average Bonchev–Trinajstić information content (AvgIpc) is 3.13. The number of hydrogen-bond donors (Lipinski definition) is 0. The Morgan fingerprint density at radius 3 is 2.70 bits per heavy atom. The molecule has 2 aliphatic rings. The van der Waals surface area contributed by atoms with Crippen molar-refractivity contribution in [3.63, 3.8) is 0 Å². The van der Waals surface area contributed by atoms with Crippen LogP contribution in [0.25, 0.3) is 10.9 Å². The molecule has 1 aliphatic carbocycles. The molecule has 0 bridgehead atoms. The van der Waals surface area contributed by atoms with Gasteiger partial charge in [0.25, 0.3) is 5.56 Å². The first kappa shape index (κ1) is 16.4. The highest BCUT2D eigenvalue weighted by atomic mass is 16.1. The van der Waals surface area contributed by atoms with E-state index in [2.05, 4.69) is 9.88 Å². The van der Waals surface area contributed by atoms with Crippen LogP contribution in [0.4, 0.5) is 5.82 Å². The molecule has 1 saturated heterocycles. The molecule has 1 unspecified atom stereocenters. The SMILES string of the molecule is Cn1c(C2CCCN2c2ccnc(C3CCC3)n2)nc2ccccc2c1=O. The van der Waals surface area contributed by atoms with Gasteiger partial charge in [-0.2, -0.15) is 0 Å². The van der Waals surface area contributed by atoms with Crippen molar-refractivity contribution in [2.24, 2.45) is 7.05 Å². The Morgan fingerprint density at radius 2 is 1.89 bits per heavy atom. The highest BCUT2D eigenvalue weighted by molar-refractivity contribution is 5.77. The van der Waals surface area contributed by atoms with Crippen molar-refractivity contribution in [3.05, 3.63) is 58.5 Å². The largest absolute Gasteiger partial charge is 0.346 e. The Bertz CT molecular complexity index is 1060. The number of anilines is 1. The van der Waals surface area contributed by atoms with Gasteiger partial charge in [-0.25, -0.2) is 15.0 Å². The third-order valence-corrected chi connectivity index (χ3v) is 5.99. The molecule has 3 heterocycles. The van der Waals surface area contributed by atoms with Gasteiger partial charge in [0.15, 0.2) is 0 Å². The van der Waals surface area contributed by atoms with E-state index in [-0.39, 0.29) is 11.6 Å². The zero-order chi connectivity index (χ0) is 18.4. The zero-order valence-corrected chi connectivity index (χ0v) is 15.5. The maximum Gasteiger partial charge on any atom is 0.261 e. The number of benzene rings is 1. The summed E-state index contributed by atoms with van der Waals surface area (Å²) in [6, 6.07) is 9.63. The lowest BCUT2D eigenvalue weighted by molar-refractivity contribution is 0.401. The van der Waals surface area contributed by atoms with Crippen LogP contribution in [0.1, 0.15) is 55.7 Å². The van der Waals surface area contributed by atoms with Crippen molar-refractivity contribution < 1.29 is 0 Å². The van der Waals surface area contributed by atoms with Gasteiger partial charge in [-0.3, -0.25) is 9.36 Å². The lowest BCUT2D eigenvalue weighted by atomic mass is 9.85. The van der Waals surface area contributed by atoms with Crippen LogP contribution in [0.15, 0.2) is 41.3 Å². The molecule has 0 spiro atoms. The highest BCUT2D eigenvalue weighted by Gasteiger charge is 2.31. The number of hydrogen-bond acceptors (Lipinski definition) is 5. The molecule has 1 aliphatic heterocycles. The van der Waals surface area contributed by atoms with E-state index >= 15 is 0 Å². The van der Waals surface area contributed by atoms with E-state index in [1.807, 2.05) is 43.6 Å². The lowest BCUT2D eigenvalue weighted by Gasteiger charge is -2.28. The van der Waals surface area contributed by atoms with E-state index in [9.17, 15) is 4.79 Å². The zero-order valence-electron chi connectivity index (χ0n) is 15.5. The van der Waals surface area contributed by atoms with Crippen molar-refractivity contribution in [2.75, 3.05) is 11.4 Å². The van der Waals surface area contributed by atoms with E-state index in [1.165, 1.54) is 19.3 Å². The average molecular weight is 361 g/mol. The second-order valence-electron chi connectivity index (χ2n) is 7.60. The fourth-order valence-corrected chi connectivity index (χ4v) is 4.23. The maximum atomic E-state index is 12.8. The van der Waals surface area contributed by atoms with Gasteiger partial charge in [-0.1, -0.05) is 18.6 Å². The number of nitrogens with zero attached hydrogens (tertiary/aromatic N) is 5. The van der Waals surface area contributed by atoms with E-state index < -0.39 is 0 Å². The summed E-state index contributed by atoms with van der Waals surface area (Å²) in [7, 11) is 1.83. The van der Waals surface area contributed by atoms with Crippen LogP contribution < -0.4 is 10.5 Å². The van der Waals surface area contributed by atoms with Crippen LogP contribution in [0, 0.1) is 0 Å². The Labute approximate surface area is 157 Å². The fourth-order valence-electron chi connectivity index (χ4n) is 4.23. The molecule has 1 saturated carbocycles. The number of rotatable bonds is 3. The van der Waals surface area contributed by atoms with E-state index in [0.717, 1.165) is 42.4 Å². The molecule has 0 radical (unpaired) electrons. The summed E-state index contributed by atoms with van der Waals surface area (Å²) in [6.45, 7) is 0.925. The van der Waals surface area contributed by atoms with Crippen molar-refractivity contribution in [2.45, 2.75) is 44.1 Å². The minimum absolute atomic E-state index is 0.0142. The summed E-state index contributed by atoms with van der Waals surface area (Å²) < 4.78 is 1.71. The van der Waals surface area contributed by atoms with Gasteiger partial charge >= 0.3 is 0 Å². The molecular formula is C21H23N5O. The number of para-hydroxylation sites is 1. The monoisotopic (exact) mass is 361 g/mol. The molecule has 5 rings (SSSR count). The molecule has 6 nitrogen and oxygen atoms in total. The van der Waals surface area contributed by atoms with Crippen LogP contribution >= 0.6 is 0 Å². The van der Waals surface area contributed by atoms with Crippen molar-refractivity contribution in [1.82, 2.24) is 19.5 Å². The predicted octanol–water partition coefficient (Wildman–Crippen LogP) is 3.33. The van der Waals surface area contributed by atoms with Crippen LogP contribution in [0.2, 0.25) is 0 Å². The van der Waals surface area contributed by atoms with E-state index in [4.69, 9.17) is 9.97 Å². The smallest absolute Gasteiger partial charge is 0.261 e. The van der Waals surface area contributed by atoms with Gasteiger partial charge in [-0.15, -0.1) is 0 Å². The quantitative estimate of drug-likeness (QED) is 0.716. The Balaban J connectivity index is 1.56. The second-order valence-corrected chi connectivity index (χ2v) is 7.60. The first-order valence-corrected chi connectivity index (χ1v) is 9.77. The van der Waals surface area contributed by atoms with E-state index in [1.54, 1.807) is 4.57 Å². The molecule has 0 amide bonds. The van der Waals surface area contributed by atoms with Gasteiger partial charge < -0.3 is 4.90 Å². The molecule has 27 heavy (non-hydrogen) atoms. The summed E-state index contributed by atoms with van der Waals surface area (Å²) in [4.78, 5) is 29.3. The molecule has 0 N–H and O–H groups in total. The summed E-state index contributed by atoms with van der Waals surface area (Å²) in [5.74, 6) is 3.25. The molecule has 2 aromatic heterocycles. The summed E-state index contributed by atoms with van der Waals surface area (Å²) in [5.41, 5.74) is 0.778. The molecule has 138 valence electrons. The first-order valence-electron chi connectivity index (χ1n) is 9.77. The topological polar surface area (TPSA) is 63.9 Å². The van der Waals surface area contributed by atoms with Crippen LogP contribution in [0.5, 0.6) is 0 Å². The summed E-state index contributed by atoms with van der Waals surface area (Å²) in [6.07, 6.45) is 7.56. The van der Waals surface area contributed by atoms with Gasteiger partial charge in [0.1, 0.15) is 17.5 Å². The molecule has 2 fully saturated rings. The number of aromatic nitrogens is 4. The molecule has 6 heteroatoms. The normalized spacial score (nSPS) is 20.2. The first-order chi connectivity index (χ1) is 13.2. The Hall–Kier alpha value is -2.76. The Morgan fingerprint density at radius 1 is 1.04 bits per heavy atom. The standard InChI is InChI=1S/C21H23N5O/c1-25-20(23-16-9-3-2-8-15(16)21(25)27)17-10-5-13-26(17)18-11-12-22-19(24-18)14-6-4-7-14/h2-3,8-9,11-12,14,17H,4-7,10,13H2,1H3. The molecule has 1 atom stereocenters. The summed E-state index contributed by atoms with van der Waals surface area (Å²) in [5, 5.41) is 0.669. The van der Waals surface area contributed by atoms with Crippen molar-refractivity contribution in [1.29, 1.82) is 0 Å². The molecular weight excluding hydrogens is 338 g/mol. The van der Waals surface area contributed by atoms with Crippen molar-refractivity contribution in [3.8, 4) is 0 Å². The van der Waals surface area contributed by atoms with Crippen LogP contribution in [0.3, 0.4) is 0 Å². The van der Waals surface area contributed by atoms with Gasteiger partial charge in [0, 0.05) is 25.7 Å².